The van der Waals surface area contributed by atoms with Crippen molar-refractivity contribution in [2.24, 2.45) is 0 Å². The lowest BCUT2D eigenvalue weighted by atomic mass is 10.1. The number of carboxylic acid groups (broad SMARTS) is 1. The van der Waals surface area contributed by atoms with Crippen molar-refractivity contribution in [1.82, 2.24) is 4.57 Å². The molecule has 8 heteroatoms. The van der Waals surface area contributed by atoms with Crippen LogP contribution in [0.1, 0.15) is 0 Å². The Kier molecular flexibility index (Phi) is 3.93. The van der Waals surface area contributed by atoms with Gasteiger partial charge in [-0.3, -0.25) is 14.2 Å². The van der Waals surface area contributed by atoms with Gasteiger partial charge in [-0.2, -0.15) is 0 Å². The number of halogens is 3. The van der Waals surface area contributed by atoms with E-state index in [0.717, 1.165) is 22.0 Å². The highest BCUT2D eigenvalue weighted by Gasteiger charge is 2.16. The van der Waals surface area contributed by atoms with E-state index in [4.69, 9.17) is 28.3 Å². The van der Waals surface area contributed by atoms with Crippen LogP contribution in [0.25, 0.3) is 11.3 Å². The summed E-state index contributed by atoms with van der Waals surface area (Å²) in [6, 6.07) is 2.28. The number of carbonyl (C=O) groups is 1. The molecular weight excluding hydrogens is 316 g/mol. The van der Waals surface area contributed by atoms with Gasteiger partial charge in [-0.25, -0.2) is 4.39 Å². The highest BCUT2D eigenvalue weighted by molar-refractivity contribution is 7.07. The Morgan fingerprint density at radius 3 is 2.68 bits per heavy atom. The van der Waals surface area contributed by atoms with Crippen molar-refractivity contribution in [2.45, 2.75) is 6.54 Å². The Labute approximate surface area is 120 Å². The molecule has 1 aromatic heterocycles. The molecule has 0 aliphatic rings. The van der Waals surface area contributed by atoms with E-state index in [0.29, 0.717) is 0 Å². The minimum atomic E-state index is -1.17. The highest BCUT2D eigenvalue weighted by Crippen LogP contribution is 2.32. The number of rotatable bonds is 3. The van der Waals surface area contributed by atoms with E-state index < -0.39 is 23.2 Å². The van der Waals surface area contributed by atoms with Crippen molar-refractivity contribution in [2.75, 3.05) is 0 Å². The summed E-state index contributed by atoms with van der Waals surface area (Å²) in [6.45, 7) is -0.516. The summed E-state index contributed by atoms with van der Waals surface area (Å²) in [5, 5.41) is 10.2. The van der Waals surface area contributed by atoms with Crippen LogP contribution in [0.2, 0.25) is 10.0 Å². The molecule has 0 radical (unpaired) electrons. The second-order valence-corrected chi connectivity index (χ2v) is 5.25. The molecule has 0 bridgehead atoms. The molecule has 0 fully saturated rings. The summed E-state index contributed by atoms with van der Waals surface area (Å²) < 4.78 is 14.5. The maximum Gasteiger partial charge on any atom is 0.323 e. The average Bonchev–Trinajstić information content (AvgIpc) is 2.65. The van der Waals surface area contributed by atoms with Crippen LogP contribution in [0, 0.1) is 5.82 Å². The SMILES string of the molecule is O=C(O)Cn1c(-c2cc(F)c(Cl)cc2Cl)csc1=O. The number of nitrogens with zero attached hydrogens (tertiary/aromatic N) is 1. The Balaban J connectivity index is 2.63. The Morgan fingerprint density at radius 2 is 2.05 bits per heavy atom. The number of hydrogen-bond donors (Lipinski definition) is 1. The number of carboxylic acids is 1. The minimum Gasteiger partial charge on any atom is -0.480 e. The van der Waals surface area contributed by atoms with Gasteiger partial charge >= 0.3 is 10.8 Å². The van der Waals surface area contributed by atoms with Crippen LogP contribution in [0.5, 0.6) is 0 Å². The second-order valence-electron chi connectivity index (χ2n) is 3.61. The molecule has 0 aliphatic heterocycles. The molecule has 1 aromatic carbocycles. The topological polar surface area (TPSA) is 59.3 Å². The molecule has 0 unspecified atom stereocenters. The molecule has 0 amide bonds. The number of hydrogen-bond acceptors (Lipinski definition) is 3. The van der Waals surface area contributed by atoms with Crippen LogP contribution < -0.4 is 4.87 Å². The van der Waals surface area contributed by atoms with Crippen LogP contribution in [0.4, 0.5) is 4.39 Å². The van der Waals surface area contributed by atoms with Crippen molar-refractivity contribution in [3.63, 3.8) is 0 Å². The van der Waals surface area contributed by atoms with Crippen molar-refractivity contribution in [3.05, 3.63) is 43.0 Å². The molecule has 100 valence electrons. The van der Waals surface area contributed by atoms with Gasteiger partial charge in [0.25, 0.3) is 0 Å². The smallest absolute Gasteiger partial charge is 0.323 e. The highest BCUT2D eigenvalue weighted by atomic mass is 35.5. The Bertz CT molecular complexity index is 710. The van der Waals surface area contributed by atoms with E-state index in [9.17, 15) is 14.0 Å². The lowest BCUT2D eigenvalue weighted by Gasteiger charge is -2.08. The van der Waals surface area contributed by atoms with Gasteiger partial charge in [-0.15, -0.1) is 0 Å². The standard InChI is InChI=1S/C11H6Cl2FNO3S/c12-6-2-7(13)8(14)1-5(6)9-4-19-11(18)15(9)3-10(16)17/h1-2,4H,3H2,(H,16,17). The molecule has 1 N–H and O–H groups in total. The van der Waals surface area contributed by atoms with E-state index in [1.807, 2.05) is 0 Å². The van der Waals surface area contributed by atoms with Gasteiger partial charge in [0.15, 0.2) is 0 Å². The molecule has 4 nitrogen and oxygen atoms in total. The van der Waals surface area contributed by atoms with Gasteiger partial charge in [0.2, 0.25) is 0 Å². The number of aromatic nitrogens is 1. The first-order valence-corrected chi connectivity index (χ1v) is 6.58. The van der Waals surface area contributed by atoms with Gasteiger partial charge in [0.1, 0.15) is 12.4 Å². The maximum atomic E-state index is 13.5. The third-order valence-corrected chi connectivity index (χ3v) is 3.73. The first-order chi connectivity index (χ1) is 8.90. The van der Waals surface area contributed by atoms with Crippen LogP contribution in [-0.2, 0) is 11.3 Å². The molecule has 0 atom stereocenters. The zero-order valence-corrected chi connectivity index (χ0v) is 11.5. The average molecular weight is 322 g/mol. The van der Waals surface area contributed by atoms with Crippen molar-refractivity contribution in [3.8, 4) is 11.3 Å². The number of aliphatic carboxylic acids is 1. The molecule has 0 saturated heterocycles. The third-order valence-electron chi connectivity index (χ3n) is 2.36. The van der Waals surface area contributed by atoms with Gasteiger partial charge in [-0.05, 0) is 12.1 Å². The molecule has 2 rings (SSSR count). The monoisotopic (exact) mass is 321 g/mol. The summed E-state index contributed by atoms with van der Waals surface area (Å²) in [5.41, 5.74) is 0.473. The summed E-state index contributed by atoms with van der Waals surface area (Å²) in [6.07, 6.45) is 0. The zero-order chi connectivity index (χ0) is 14.2. The lowest BCUT2D eigenvalue weighted by molar-refractivity contribution is -0.137. The molecular formula is C11H6Cl2FNO3S. The predicted octanol–water partition coefficient (Wildman–Crippen LogP) is 3.11. The summed E-state index contributed by atoms with van der Waals surface area (Å²) >= 11 is 12.3. The fraction of sp³-hybridized carbons (Fsp3) is 0.0909. The van der Waals surface area contributed by atoms with Crippen LogP contribution >= 0.6 is 34.5 Å². The van der Waals surface area contributed by atoms with Crippen LogP contribution in [-0.4, -0.2) is 15.6 Å². The van der Waals surface area contributed by atoms with Gasteiger partial charge in [-0.1, -0.05) is 34.5 Å². The van der Waals surface area contributed by atoms with Crippen LogP contribution in [0.15, 0.2) is 22.3 Å². The van der Waals surface area contributed by atoms with Gasteiger partial charge in [0.05, 0.1) is 15.7 Å². The number of benzene rings is 1. The maximum absolute atomic E-state index is 13.5. The van der Waals surface area contributed by atoms with Gasteiger partial charge in [0, 0.05) is 10.9 Å². The van der Waals surface area contributed by atoms with E-state index in [2.05, 4.69) is 0 Å². The van der Waals surface area contributed by atoms with Crippen molar-refractivity contribution >= 4 is 40.5 Å². The van der Waals surface area contributed by atoms with E-state index in [1.165, 1.54) is 11.4 Å². The quantitative estimate of drug-likeness (QED) is 0.884. The molecule has 2 aromatic rings. The Hall–Kier alpha value is -1.37. The second kappa shape index (κ2) is 5.32. The molecule has 0 spiro atoms. The predicted molar refractivity (Wildman–Crippen MR) is 71.6 cm³/mol. The zero-order valence-electron chi connectivity index (χ0n) is 9.19. The third kappa shape index (κ3) is 2.80. The normalized spacial score (nSPS) is 10.7. The van der Waals surface area contributed by atoms with E-state index >= 15 is 0 Å². The lowest BCUT2D eigenvalue weighted by Crippen LogP contribution is -2.19. The fourth-order valence-electron chi connectivity index (χ4n) is 1.54. The van der Waals surface area contributed by atoms with E-state index in [-0.39, 0.29) is 21.3 Å². The van der Waals surface area contributed by atoms with E-state index in [1.54, 1.807) is 0 Å². The molecule has 1 heterocycles. The molecule has 19 heavy (non-hydrogen) atoms. The Morgan fingerprint density at radius 1 is 1.37 bits per heavy atom. The summed E-state index contributed by atoms with van der Waals surface area (Å²) in [5.74, 6) is -1.87. The van der Waals surface area contributed by atoms with Crippen molar-refractivity contribution in [1.29, 1.82) is 0 Å². The summed E-state index contributed by atoms with van der Waals surface area (Å²) in [7, 11) is 0. The fourth-order valence-corrected chi connectivity index (χ4v) is 2.78. The first kappa shape index (κ1) is 14.0. The van der Waals surface area contributed by atoms with Crippen molar-refractivity contribution < 1.29 is 14.3 Å². The van der Waals surface area contributed by atoms with Crippen LogP contribution in [0.3, 0.4) is 0 Å². The summed E-state index contributed by atoms with van der Waals surface area (Å²) in [4.78, 5) is 21.8. The molecule has 0 saturated carbocycles. The number of thiazole rings is 1. The minimum absolute atomic E-state index is 0.142. The van der Waals surface area contributed by atoms with Gasteiger partial charge < -0.3 is 5.11 Å². The first-order valence-electron chi connectivity index (χ1n) is 4.95. The largest absolute Gasteiger partial charge is 0.480 e. The molecule has 0 aliphatic carbocycles.